The molecule has 0 atom stereocenters. The smallest absolute Gasteiger partial charge is 0.0443 e. The highest BCUT2D eigenvalue weighted by Crippen LogP contribution is 2.32. The van der Waals surface area contributed by atoms with Crippen LogP contribution in [0.3, 0.4) is 0 Å². The molecule has 2 rings (SSSR count). The number of unbranched alkanes of at least 4 members (excludes halogenated alkanes) is 2. The summed E-state index contributed by atoms with van der Waals surface area (Å²) in [5, 5.41) is 0. The first-order chi connectivity index (χ1) is 7.85. The Bertz CT molecular complexity index is 358. The van der Waals surface area contributed by atoms with Crippen molar-refractivity contribution in [2.75, 3.05) is 13.1 Å². The van der Waals surface area contributed by atoms with E-state index in [0.29, 0.717) is 0 Å². The van der Waals surface area contributed by atoms with Crippen molar-refractivity contribution < 1.29 is 0 Å². The molecule has 1 aliphatic carbocycles. The molecule has 0 aromatic carbocycles. The molecule has 0 fully saturated rings. The molecule has 16 heavy (non-hydrogen) atoms. The first-order valence-corrected chi connectivity index (χ1v) is 6.33. The summed E-state index contributed by atoms with van der Waals surface area (Å²) in [6.45, 7) is 8.35. The van der Waals surface area contributed by atoms with Gasteiger partial charge < -0.3 is 4.90 Å². The molecule has 0 saturated heterocycles. The van der Waals surface area contributed by atoms with E-state index >= 15 is 0 Å². The highest BCUT2D eigenvalue weighted by atomic mass is 15.1. The molecule has 1 heteroatoms. The summed E-state index contributed by atoms with van der Waals surface area (Å²) < 4.78 is 0. The lowest BCUT2D eigenvalue weighted by molar-refractivity contribution is 0.391. The molecular weight excluding hydrogens is 194 g/mol. The summed E-state index contributed by atoms with van der Waals surface area (Å²) in [6.07, 6.45) is 13.9. The minimum atomic E-state index is 0.990. The lowest BCUT2D eigenvalue weighted by atomic mass is 10.2. The fourth-order valence-electron chi connectivity index (χ4n) is 2.37. The molecule has 0 aromatic rings. The Morgan fingerprint density at radius 1 is 1.38 bits per heavy atom. The number of nitrogens with zero attached hydrogens (tertiary/aromatic N) is 1. The number of hydrogen-bond donors (Lipinski definition) is 0. The number of hydrogen-bond acceptors (Lipinski definition) is 1. The van der Waals surface area contributed by atoms with Crippen molar-refractivity contribution in [2.45, 2.75) is 32.6 Å². The Hall–Kier alpha value is -1.24. The zero-order valence-corrected chi connectivity index (χ0v) is 10.2. The van der Waals surface area contributed by atoms with Crippen molar-refractivity contribution in [2.24, 2.45) is 0 Å². The predicted octanol–water partition coefficient (Wildman–Crippen LogP) is 3.82. The summed E-state index contributed by atoms with van der Waals surface area (Å²) in [5.41, 5.74) is 4.26. The van der Waals surface area contributed by atoms with Crippen molar-refractivity contribution in [1.82, 2.24) is 4.90 Å². The molecule has 86 valence electrons. The third kappa shape index (κ3) is 2.29. The molecule has 0 saturated carbocycles. The van der Waals surface area contributed by atoms with Gasteiger partial charge in [-0.25, -0.2) is 0 Å². The Labute approximate surface area is 98.8 Å². The number of fused-ring (bicyclic) bond motifs is 1. The van der Waals surface area contributed by atoms with Gasteiger partial charge in [0.25, 0.3) is 0 Å². The second kappa shape index (κ2) is 5.20. The van der Waals surface area contributed by atoms with E-state index in [-0.39, 0.29) is 0 Å². The maximum Gasteiger partial charge on any atom is 0.0443 e. The molecule has 0 aromatic heterocycles. The van der Waals surface area contributed by atoms with Gasteiger partial charge >= 0.3 is 0 Å². The second-order valence-corrected chi connectivity index (χ2v) is 4.55. The Morgan fingerprint density at radius 3 is 3.00 bits per heavy atom. The SMILES string of the molecule is C=CCC1=CC2=CCN(CCCCC)C2=C1. The van der Waals surface area contributed by atoms with E-state index in [2.05, 4.69) is 36.6 Å². The van der Waals surface area contributed by atoms with E-state index in [4.69, 9.17) is 0 Å². The van der Waals surface area contributed by atoms with Gasteiger partial charge in [-0.3, -0.25) is 0 Å². The van der Waals surface area contributed by atoms with Crippen molar-refractivity contribution in [1.29, 1.82) is 0 Å². The van der Waals surface area contributed by atoms with E-state index in [1.165, 1.54) is 42.7 Å². The summed E-state index contributed by atoms with van der Waals surface area (Å²) in [7, 11) is 0. The fraction of sp³-hybridized carbons (Fsp3) is 0.467. The zero-order chi connectivity index (χ0) is 11.4. The van der Waals surface area contributed by atoms with Crippen LogP contribution in [0.2, 0.25) is 0 Å². The van der Waals surface area contributed by atoms with Crippen LogP contribution in [0.5, 0.6) is 0 Å². The van der Waals surface area contributed by atoms with Gasteiger partial charge in [-0.2, -0.15) is 0 Å². The van der Waals surface area contributed by atoms with Gasteiger partial charge in [0.05, 0.1) is 0 Å². The molecule has 1 aliphatic heterocycles. The lowest BCUT2D eigenvalue weighted by Crippen LogP contribution is -2.19. The molecule has 0 radical (unpaired) electrons. The monoisotopic (exact) mass is 215 g/mol. The average Bonchev–Trinajstić information content (AvgIpc) is 2.80. The topological polar surface area (TPSA) is 3.24 Å². The average molecular weight is 215 g/mol. The summed E-state index contributed by atoms with van der Waals surface area (Å²) in [5.74, 6) is 0. The molecule has 0 bridgehead atoms. The van der Waals surface area contributed by atoms with Gasteiger partial charge in [0.2, 0.25) is 0 Å². The molecule has 0 N–H and O–H groups in total. The predicted molar refractivity (Wildman–Crippen MR) is 70.2 cm³/mol. The van der Waals surface area contributed by atoms with E-state index in [9.17, 15) is 0 Å². The normalized spacial score (nSPS) is 18.1. The van der Waals surface area contributed by atoms with E-state index < -0.39 is 0 Å². The zero-order valence-electron chi connectivity index (χ0n) is 10.2. The van der Waals surface area contributed by atoms with Crippen LogP contribution in [0.25, 0.3) is 0 Å². The summed E-state index contributed by atoms with van der Waals surface area (Å²) in [4.78, 5) is 2.50. The molecule has 0 spiro atoms. The van der Waals surface area contributed by atoms with Gasteiger partial charge in [0, 0.05) is 18.8 Å². The first kappa shape index (κ1) is 11.3. The molecule has 0 unspecified atom stereocenters. The minimum absolute atomic E-state index is 0.990. The van der Waals surface area contributed by atoms with Crippen LogP contribution in [-0.2, 0) is 0 Å². The summed E-state index contributed by atoms with van der Waals surface area (Å²) in [6, 6.07) is 0. The van der Waals surface area contributed by atoms with Gasteiger partial charge in [0.15, 0.2) is 0 Å². The van der Waals surface area contributed by atoms with E-state index in [0.717, 1.165) is 13.0 Å². The maximum atomic E-state index is 3.79. The van der Waals surface area contributed by atoms with Crippen LogP contribution in [0.4, 0.5) is 0 Å². The van der Waals surface area contributed by atoms with Crippen molar-refractivity contribution in [3.05, 3.63) is 47.7 Å². The third-order valence-electron chi connectivity index (χ3n) is 3.24. The highest BCUT2D eigenvalue weighted by molar-refractivity contribution is 5.55. The third-order valence-corrected chi connectivity index (χ3v) is 3.24. The van der Waals surface area contributed by atoms with Gasteiger partial charge in [-0.05, 0) is 36.1 Å². The number of rotatable bonds is 6. The highest BCUT2D eigenvalue weighted by Gasteiger charge is 2.21. The minimum Gasteiger partial charge on any atom is -0.367 e. The van der Waals surface area contributed by atoms with E-state index in [1.54, 1.807) is 0 Å². The molecule has 2 aliphatic rings. The van der Waals surface area contributed by atoms with Crippen LogP contribution < -0.4 is 0 Å². The Morgan fingerprint density at radius 2 is 2.25 bits per heavy atom. The molecule has 0 amide bonds. The maximum absolute atomic E-state index is 3.79. The first-order valence-electron chi connectivity index (χ1n) is 6.33. The lowest BCUT2D eigenvalue weighted by Gasteiger charge is -2.19. The van der Waals surface area contributed by atoms with Gasteiger partial charge in [0.1, 0.15) is 0 Å². The standard InChI is InChI=1S/C15H21N/c1-3-5-6-9-16-10-8-14-11-13(7-4-2)12-15(14)16/h4,8,11-12H,2-3,5-7,9-10H2,1H3. The van der Waals surface area contributed by atoms with Gasteiger partial charge in [-0.1, -0.05) is 31.9 Å². The Kier molecular flexibility index (Phi) is 3.66. The Balaban J connectivity index is 1.93. The van der Waals surface area contributed by atoms with Gasteiger partial charge in [-0.15, -0.1) is 6.58 Å². The van der Waals surface area contributed by atoms with Crippen LogP contribution >= 0.6 is 0 Å². The summed E-state index contributed by atoms with van der Waals surface area (Å²) >= 11 is 0. The van der Waals surface area contributed by atoms with E-state index in [1.807, 2.05) is 6.08 Å². The second-order valence-electron chi connectivity index (χ2n) is 4.55. The van der Waals surface area contributed by atoms with Crippen LogP contribution in [0.15, 0.2) is 47.7 Å². The van der Waals surface area contributed by atoms with Crippen LogP contribution in [0.1, 0.15) is 32.6 Å². The van der Waals surface area contributed by atoms with Crippen LogP contribution in [0, 0.1) is 0 Å². The molecule has 1 heterocycles. The van der Waals surface area contributed by atoms with Crippen LogP contribution in [-0.4, -0.2) is 18.0 Å². The number of allylic oxidation sites excluding steroid dienone is 4. The largest absolute Gasteiger partial charge is 0.367 e. The fourth-order valence-corrected chi connectivity index (χ4v) is 2.37. The van der Waals surface area contributed by atoms with Crippen molar-refractivity contribution in [3.63, 3.8) is 0 Å². The molecule has 1 nitrogen and oxygen atoms in total. The van der Waals surface area contributed by atoms with Crippen molar-refractivity contribution >= 4 is 0 Å². The quantitative estimate of drug-likeness (QED) is 0.481. The van der Waals surface area contributed by atoms with Crippen molar-refractivity contribution in [3.8, 4) is 0 Å². The molecular formula is C15H21N.